The zero-order chi connectivity index (χ0) is 15.7. The van der Waals surface area contributed by atoms with Gasteiger partial charge in [-0.15, -0.1) is 0 Å². The molecule has 1 unspecified atom stereocenters. The molecule has 21 heavy (non-hydrogen) atoms. The standard InChI is InChI=1S/C16H23NO4/c1-4-13(11-18)17-16(19)9-7-12-6-8-14(21-5-2)15(10-12)20-3/h6-10,13,18H,4-5,11H2,1-3H3,(H,17,19)/b9-7+. The Morgan fingerprint density at radius 3 is 2.71 bits per heavy atom. The van der Waals surface area contributed by atoms with Crippen molar-refractivity contribution in [2.45, 2.75) is 26.3 Å². The number of benzene rings is 1. The van der Waals surface area contributed by atoms with Gasteiger partial charge < -0.3 is 19.9 Å². The third-order valence-corrected chi connectivity index (χ3v) is 2.97. The summed E-state index contributed by atoms with van der Waals surface area (Å²) in [6.07, 6.45) is 3.82. The topological polar surface area (TPSA) is 67.8 Å². The second kappa shape index (κ2) is 9.02. The Hall–Kier alpha value is -2.01. The summed E-state index contributed by atoms with van der Waals surface area (Å²) in [6, 6.07) is 5.25. The van der Waals surface area contributed by atoms with Crippen molar-refractivity contribution in [3.63, 3.8) is 0 Å². The molecule has 0 radical (unpaired) electrons. The molecule has 0 spiro atoms. The van der Waals surface area contributed by atoms with Gasteiger partial charge in [0, 0.05) is 6.08 Å². The molecular formula is C16H23NO4. The predicted molar refractivity (Wildman–Crippen MR) is 82.5 cm³/mol. The van der Waals surface area contributed by atoms with Crippen LogP contribution in [-0.2, 0) is 4.79 Å². The fraction of sp³-hybridized carbons (Fsp3) is 0.438. The van der Waals surface area contributed by atoms with Gasteiger partial charge >= 0.3 is 0 Å². The summed E-state index contributed by atoms with van der Waals surface area (Å²) in [4.78, 5) is 11.7. The quantitative estimate of drug-likeness (QED) is 0.719. The number of carbonyl (C=O) groups is 1. The number of amides is 1. The number of rotatable bonds is 8. The lowest BCUT2D eigenvalue weighted by Gasteiger charge is -2.12. The molecule has 1 aromatic carbocycles. The van der Waals surface area contributed by atoms with Gasteiger partial charge in [0.25, 0.3) is 0 Å². The highest BCUT2D eigenvalue weighted by atomic mass is 16.5. The highest BCUT2D eigenvalue weighted by molar-refractivity contribution is 5.92. The van der Waals surface area contributed by atoms with E-state index in [4.69, 9.17) is 14.6 Å². The second-order valence-electron chi connectivity index (χ2n) is 4.47. The number of aliphatic hydroxyl groups is 1. The lowest BCUT2D eigenvalue weighted by molar-refractivity contribution is -0.117. The van der Waals surface area contributed by atoms with Crippen molar-refractivity contribution in [2.24, 2.45) is 0 Å². The van der Waals surface area contributed by atoms with E-state index in [1.165, 1.54) is 6.08 Å². The molecule has 0 aliphatic rings. The average molecular weight is 293 g/mol. The van der Waals surface area contributed by atoms with Crippen molar-refractivity contribution in [3.8, 4) is 11.5 Å². The SMILES string of the molecule is CCOc1ccc(/C=C/C(=O)NC(CC)CO)cc1OC. The van der Waals surface area contributed by atoms with Crippen LogP contribution in [0.3, 0.4) is 0 Å². The Morgan fingerprint density at radius 2 is 2.14 bits per heavy atom. The van der Waals surface area contributed by atoms with E-state index in [2.05, 4.69) is 5.32 Å². The molecule has 5 heteroatoms. The Kier molecular flexibility index (Phi) is 7.32. The molecule has 1 aromatic rings. The van der Waals surface area contributed by atoms with E-state index in [9.17, 15) is 4.79 Å². The van der Waals surface area contributed by atoms with Gasteiger partial charge in [-0.2, -0.15) is 0 Å². The molecule has 1 amide bonds. The Bertz CT molecular complexity index is 481. The van der Waals surface area contributed by atoms with Crippen molar-refractivity contribution in [1.29, 1.82) is 0 Å². The van der Waals surface area contributed by atoms with Crippen LogP contribution in [-0.4, -0.2) is 37.4 Å². The summed E-state index contributed by atoms with van der Waals surface area (Å²) < 4.78 is 10.7. The van der Waals surface area contributed by atoms with Crippen LogP contribution in [0.1, 0.15) is 25.8 Å². The maximum Gasteiger partial charge on any atom is 0.244 e. The number of hydrogen-bond donors (Lipinski definition) is 2. The van der Waals surface area contributed by atoms with Gasteiger partial charge in [0.1, 0.15) is 0 Å². The molecule has 5 nitrogen and oxygen atoms in total. The van der Waals surface area contributed by atoms with Gasteiger partial charge in [-0.25, -0.2) is 0 Å². The summed E-state index contributed by atoms with van der Waals surface area (Å²) in [5.41, 5.74) is 0.836. The van der Waals surface area contributed by atoms with Crippen LogP contribution in [0, 0.1) is 0 Å². The normalized spacial score (nSPS) is 12.2. The molecule has 116 valence electrons. The Morgan fingerprint density at radius 1 is 1.38 bits per heavy atom. The molecule has 0 aliphatic carbocycles. The van der Waals surface area contributed by atoms with Crippen LogP contribution >= 0.6 is 0 Å². The minimum Gasteiger partial charge on any atom is -0.493 e. The predicted octanol–water partition coefficient (Wildman–Crippen LogP) is 1.99. The van der Waals surface area contributed by atoms with E-state index in [0.717, 1.165) is 5.56 Å². The summed E-state index contributed by atoms with van der Waals surface area (Å²) in [5.74, 6) is 1.07. The van der Waals surface area contributed by atoms with Crippen molar-refractivity contribution < 1.29 is 19.4 Å². The number of ether oxygens (including phenoxy) is 2. The smallest absolute Gasteiger partial charge is 0.244 e. The molecule has 0 fully saturated rings. The first-order valence-corrected chi connectivity index (χ1v) is 7.04. The third kappa shape index (κ3) is 5.47. The molecule has 0 aliphatic heterocycles. The van der Waals surface area contributed by atoms with Crippen molar-refractivity contribution >= 4 is 12.0 Å². The molecule has 1 atom stereocenters. The van der Waals surface area contributed by atoms with E-state index in [-0.39, 0.29) is 18.6 Å². The monoisotopic (exact) mass is 293 g/mol. The summed E-state index contributed by atoms with van der Waals surface area (Å²) in [5, 5.41) is 11.8. The van der Waals surface area contributed by atoms with E-state index in [0.29, 0.717) is 24.5 Å². The highest BCUT2D eigenvalue weighted by Crippen LogP contribution is 2.28. The zero-order valence-corrected chi connectivity index (χ0v) is 12.8. The summed E-state index contributed by atoms with van der Waals surface area (Å²) in [7, 11) is 1.57. The molecule has 1 rings (SSSR count). The van der Waals surface area contributed by atoms with Gasteiger partial charge in [-0.1, -0.05) is 13.0 Å². The first-order chi connectivity index (χ1) is 10.1. The Labute approximate surface area is 125 Å². The van der Waals surface area contributed by atoms with E-state index < -0.39 is 0 Å². The van der Waals surface area contributed by atoms with Crippen molar-refractivity contribution in [1.82, 2.24) is 5.32 Å². The molecule has 2 N–H and O–H groups in total. The zero-order valence-electron chi connectivity index (χ0n) is 12.8. The lowest BCUT2D eigenvalue weighted by Crippen LogP contribution is -2.35. The summed E-state index contributed by atoms with van der Waals surface area (Å²) in [6.45, 7) is 4.31. The fourth-order valence-corrected chi connectivity index (χ4v) is 1.76. The number of hydrogen-bond acceptors (Lipinski definition) is 4. The van der Waals surface area contributed by atoms with Gasteiger partial charge in [0.05, 0.1) is 26.4 Å². The largest absolute Gasteiger partial charge is 0.493 e. The Balaban J connectivity index is 2.73. The second-order valence-corrected chi connectivity index (χ2v) is 4.47. The fourth-order valence-electron chi connectivity index (χ4n) is 1.76. The molecule has 0 heterocycles. The number of carbonyl (C=O) groups excluding carboxylic acids is 1. The number of methoxy groups -OCH3 is 1. The van der Waals surface area contributed by atoms with Crippen molar-refractivity contribution in [2.75, 3.05) is 20.3 Å². The van der Waals surface area contributed by atoms with E-state index in [1.54, 1.807) is 19.3 Å². The van der Waals surface area contributed by atoms with Crippen LogP contribution in [0.4, 0.5) is 0 Å². The van der Waals surface area contributed by atoms with Crippen LogP contribution in [0.5, 0.6) is 11.5 Å². The minimum absolute atomic E-state index is 0.0625. The molecule has 0 bridgehead atoms. The van der Waals surface area contributed by atoms with E-state index >= 15 is 0 Å². The van der Waals surface area contributed by atoms with Crippen LogP contribution in [0.2, 0.25) is 0 Å². The van der Waals surface area contributed by atoms with Gasteiger partial charge in [0.15, 0.2) is 11.5 Å². The number of nitrogens with one attached hydrogen (secondary N) is 1. The summed E-state index contributed by atoms with van der Waals surface area (Å²) >= 11 is 0. The van der Waals surface area contributed by atoms with Crippen LogP contribution in [0.15, 0.2) is 24.3 Å². The average Bonchev–Trinajstić information content (AvgIpc) is 2.51. The van der Waals surface area contributed by atoms with Crippen LogP contribution in [0.25, 0.3) is 6.08 Å². The van der Waals surface area contributed by atoms with Crippen LogP contribution < -0.4 is 14.8 Å². The third-order valence-electron chi connectivity index (χ3n) is 2.97. The minimum atomic E-state index is -0.233. The van der Waals surface area contributed by atoms with Gasteiger partial charge in [0.2, 0.25) is 5.91 Å². The maximum atomic E-state index is 11.7. The van der Waals surface area contributed by atoms with Gasteiger partial charge in [-0.05, 0) is 37.1 Å². The molecule has 0 aromatic heterocycles. The van der Waals surface area contributed by atoms with Gasteiger partial charge in [-0.3, -0.25) is 4.79 Å². The molecule has 0 saturated heterocycles. The first-order valence-electron chi connectivity index (χ1n) is 7.04. The first kappa shape index (κ1) is 17.0. The lowest BCUT2D eigenvalue weighted by atomic mass is 10.2. The highest BCUT2D eigenvalue weighted by Gasteiger charge is 2.07. The maximum absolute atomic E-state index is 11.7. The number of aliphatic hydroxyl groups excluding tert-OH is 1. The molecular weight excluding hydrogens is 270 g/mol. The van der Waals surface area contributed by atoms with E-state index in [1.807, 2.05) is 26.0 Å². The molecule has 0 saturated carbocycles. The van der Waals surface area contributed by atoms with Crippen molar-refractivity contribution in [3.05, 3.63) is 29.8 Å².